The van der Waals surface area contributed by atoms with Crippen LogP contribution in [-0.2, 0) is 16.0 Å². The van der Waals surface area contributed by atoms with Crippen LogP contribution in [0.2, 0.25) is 0 Å². The molecule has 1 heterocycles. The Morgan fingerprint density at radius 2 is 2.12 bits per heavy atom. The Morgan fingerprint density at radius 1 is 1.33 bits per heavy atom. The fraction of sp³-hybridized carbons (Fsp3) is 0.474. The molecule has 0 spiro atoms. The van der Waals surface area contributed by atoms with Crippen LogP contribution >= 0.6 is 0 Å². The molecule has 1 aliphatic heterocycles. The van der Waals surface area contributed by atoms with Crippen LogP contribution < -0.4 is 10.2 Å². The zero-order valence-corrected chi connectivity index (χ0v) is 14.8. The van der Waals surface area contributed by atoms with Gasteiger partial charge in [-0.2, -0.15) is 0 Å². The minimum absolute atomic E-state index is 0.0997. The van der Waals surface area contributed by atoms with Gasteiger partial charge in [0.2, 0.25) is 11.8 Å². The van der Waals surface area contributed by atoms with Crippen LogP contribution in [-0.4, -0.2) is 49.9 Å². The van der Waals surface area contributed by atoms with Gasteiger partial charge in [-0.15, -0.1) is 0 Å². The van der Waals surface area contributed by atoms with E-state index in [9.17, 15) is 9.59 Å². The number of anilines is 1. The molecule has 1 aliphatic rings. The van der Waals surface area contributed by atoms with Crippen molar-refractivity contribution in [2.24, 2.45) is 0 Å². The molecular weight excluding hydrogens is 302 g/mol. The van der Waals surface area contributed by atoms with E-state index < -0.39 is 0 Å². The fourth-order valence-corrected chi connectivity index (χ4v) is 2.95. The number of amides is 2. The van der Waals surface area contributed by atoms with Crippen molar-refractivity contribution in [2.45, 2.75) is 26.7 Å². The SMILES string of the molecule is CCNC(=O)CN(CC)C(=O)/C=C\c1ccc2c(c1)CCCN2C. The number of fused-ring (bicyclic) bond motifs is 1. The summed E-state index contributed by atoms with van der Waals surface area (Å²) in [5, 5.41) is 2.72. The maximum absolute atomic E-state index is 12.3. The van der Waals surface area contributed by atoms with Gasteiger partial charge in [0, 0.05) is 38.4 Å². The average Bonchev–Trinajstić information content (AvgIpc) is 2.58. The summed E-state index contributed by atoms with van der Waals surface area (Å²) in [6, 6.07) is 6.30. The normalized spacial score (nSPS) is 13.7. The van der Waals surface area contributed by atoms with Crippen molar-refractivity contribution in [3.63, 3.8) is 0 Å². The van der Waals surface area contributed by atoms with Crippen molar-refractivity contribution < 1.29 is 9.59 Å². The quantitative estimate of drug-likeness (QED) is 0.813. The highest BCUT2D eigenvalue weighted by atomic mass is 16.2. The van der Waals surface area contributed by atoms with E-state index in [0.29, 0.717) is 13.1 Å². The highest BCUT2D eigenvalue weighted by molar-refractivity contribution is 5.94. The maximum atomic E-state index is 12.3. The molecule has 2 rings (SSSR count). The van der Waals surface area contributed by atoms with Crippen molar-refractivity contribution in [3.8, 4) is 0 Å². The van der Waals surface area contributed by atoms with Crippen molar-refractivity contribution in [2.75, 3.05) is 38.1 Å². The van der Waals surface area contributed by atoms with Crippen LogP contribution in [0.5, 0.6) is 0 Å². The average molecular weight is 329 g/mol. The summed E-state index contributed by atoms with van der Waals surface area (Å²) in [6.45, 7) is 6.01. The second-order valence-electron chi connectivity index (χ2n) is 6.05. The summed E-state index contributed by atoms with van der Waals surface area (Å²) in [5.74, 6) is -0.267. The molecular formula is C19H27N3O2. The number of rotatable bonds is 6. The van der Waals surface area contributed by atoms with E-state index in [-0.39, 0.29) is 18.4 Å². The molecule has 5 heteroatoms. The summed E-state index contributed by atoms with van der Waals surface area (Å²) in [5.41, 5.74) is 3.62. The summed E-state index contributed by atoms with van der Waals surface area (Å²) in [4.78, 5) is 27.7. The van der Waals surface area contributed by atoms with Gasteiger partial charge in [0.05, 0.1) is 6.54 Å². The fourth-order valence-electron chi connectivity index (χ4n) is 2.95. The molecule has 0 aliphatic carbocycles. The Kier molecular flexibility index (Phi) is 6.41. The molecule has 5 nitrogen and oxygen atoms in total. The highest BCUT2D eigenvalue weighted by Crippen LogP contribution is 2.27. The second kappa shape index (κ2) is 8.52. The Bertz CT molecular complexity index is 625. The third kappa shape index (κ3) is 4.60. The number of hydrogen-bond acceptors (Lipinski definition) is 3. The summed E-state index contributed by atoms with van der Waals surface area (Å²) in [6.07, 6.45) is 5.62. The number of hydrogen-bond donors (Lipinski definition) is 1. The number of nitrogens with one attached hydrogen (secondary N) is 1. The Labute approximate surface area is 144 Å². The van der Waals surface area contributed by atoms with Gasteiger partial charge in [-0.05, 0) is 56.0 Å². The zero-order chi connectivity index (χ0) is 17.5. The molecule has 130 valence electrons. The molecule has 0 atom stereocenters. The molecule has 1 aromatic carbocycles. The van der Waals surface area contributed by atoms with Crippen molar-refractivity contribution >= 4 is 23.6 Å². The number of aryl methyl sites for hydroxylation is 1. The topological polar surface area (TPSA) is 52.7 Å². The standard InChI is InChI=1S/C19H27N3O2/c1-4-20-18(23)14-22(5-2)19(24)11-9-15-8-10-17-16(13-15)7-6-12-21(17)3/h8-11,13H,4-7,12,14H2,1-3H3,(H,20,23)/b11-9-. The van der Waals surface area contributed by atoms with Gasteiger partial charge in [-0.3, -0.25) is 9.59 Å². The lowest BCUT2D eigenvalue weighted by Gasteiger charge is -2.27. The predicted molar refractivity (Wildman–Crippen MR) is 98.0 cm³/mol. The molecule has 0 saturated heterocycles. The Balaban J connectivity index is 2.03. The van der Waals surface area contributed by atoms with Crippen LogP contribution in [0.25, 0.3) is 6.08 Å². The molecule has 2 amide bonds. The van der Waals surface area contributed by atoms with Gasteiger partial charge in [0.1, 0.15) is 0 Å². The van der Waals surface area contributed by atoms with E-state index >= 15 is 0 Å². The smallest absolute Gasteiger partial charge is 0.247 e. The van der Waals surface area contributed by atoms with E-state index in [2.05, 4.69) is 29.4 Å². The largest absolute Gasteiger partial charge is 0.374 e. The molecule has 0 bridgehead atoms. The summed E-state index contributed by atoms with van der Waals surface area (Å²) in [7, 11) is 2.11. The van der Waals surface area contributed by atoms with Gasteiger partial charge >= 0.3 is 0 Å². The van der Waals surface area contributed by atoms with Crippen LogP contribution in [0.4, 0.5) is 5.69 Å². The lowest BCUT2D eigenvalue weighted by Crippen LogP contribution is -2.39. The second-order valence-corrected chi connectivity index (χ2v) is 6.05. The van der Waals surface area contributed by atoms with Gasteiger partial charge in [0.25, 0.3) is 0 Å². The molecule has 0 fully saturated rings. The van der Waals surface area contributed by atoms with Gasteiger partial charge in [0.15, 0.2) is 0 Å². The Hall–Kier alpha value is -2.30. The third-order valence-corrected chi connectivity index (χ3v) is 4.27. The lowest BCUT2D eigenvalue weighted by molar-refractivity contribution is -0.132. The van der Waals surface area contributed by atoms with Crippen molar-refractivity contribution in [1.29, 1.82) is 0 Å². The maximum Gasteiger partial charge on any atom is 0.247 e. The molecule has 1 aromatic rings. The summed E-state index contributed by atoms with van der Waals surface area (Å²) >= 11 is 0. The summed E-state index contributed by atoms with van der Waals surface area (Å²) < 4.78 is 0. The van der Waals surface area contributed by atoms with Crippen LogP contribution in [0.3, 0.4) is 0 Å². The first kappa shape index (κ1) is 18.0. The first-order chi connectivity index (χ1) is 11.5. The molecule has 0 radical (unpaired) electrons. The number of carbonyl (C=O) groups is 2. The van der Waals surface area contributed by atoms with Crippen molar-refractivity contribution in [1.82, 2.24) is 10.2 Å². The van der Waals surface area contributed by atoms with Gasteiger partial charge < -0.3 is 15.1 Å². The number of benzene rings is 1. The van der Waals surface area contributed by atoms with E-state index in [1.165, 1.54) is 16.2 Å². The predicted octanol–water partition coefficient (Wildman–Crippen LogP) is 2.07. The molecule has 24 heavy (non-hydrogen) atoms. The number of nitrogens with zero attached hydrogens (tertiary/aromatic N) is 2. The number of likely N-dealkylation sites (N-methyl/N-ethyl adjacent to an activating group) is 2. The van der Waals surface area contributed by atoms with E-state index in [1.807, 2.05) is 26.0 Å². The molecule has 0 unspecified atom stereocenters. The van der Waals surface area contributed by atoms with E-state index in [1.54, 1.807) is 6.08 Å². The van der Waals surface area contributed by atoms with E-state index in [0.717, 1.165) is 24.9 Å². The first-order valence-corrected chi connectivity index (χ1v) is 8.62. The highest BCUT2D eigenvalue weighted by Gasteiger charge is 2.14. The minimum atomic E-state index is -0.140. The molecule has 1 N–H and O–H groups in total. The van der Waals surface area contributed by atoms with E-state index in [4.69, 9.17) is 0 Å². The molecule has 0 aromatic heterocycles. The first-order valence-electron chi connectivity index (χ1n) is 8.62. The van der Waals surface area contributed by atoms with Crippen molar-refractivity contribution in [3.05, 3.63) is 35.4 Å². The Morgan fingerprint density at radius 3 is 2.83 bits per heavy atom. The number of carbonyl (C=O) groups excluding carboxylic acids is 2. The van der Waals surface area contributed by atoms with Gasteiger partial charge in [-0.1, -0.05) is 6.07 Å². The van der Waals surface area contributed by atoms with Gasteiger partial charge in [-0.25, -0.2) is 0 Å². The zero-order valence-electron chi connectivity index (χ0n) is 14.8. The lowest BCUT2D eigenvalue weighted by atomic mass is 9.99. The van der Waals surface area contributed by atoms with Crippen LogP contribution in [0.1, 0.15) is 31.4 Å². The third-order valence-electron chi connectivity index (χ3n) is 4.27. The molecule has 0 saturated carbocycles. The van der Waals surface area contributed by atoms with Crippen LogP contribution in [0, 0.1) is 0 Å². The van der Waals surface area contributed by atoms with Crippen LogP contribution in [0.15, 0.2) is 24.3 Å². The minimum Gasteiger partial charge on any atom is -0.374 e. The monoisotopic (exact) mass is 329 g/mol.